The summed E-state index contributed by atoms with van der Waals surface area (Å²) in [5.41, 5.74) is 4.68. The topological polar surface area (TPSA) is 142 Å². The van der Waals surface area contributed by atoms with Crippen molar-refractivity contribution in [2.45, 2.75) is 143 Å². The monoisotopic (exact) mass is 1040 g/mol. The zero-order chi connectivity index (χ0) is 51.4. The van der Waals surface area contributed by atoms with Crippen LogP contribution in [0.2, 0.25) is 0 Å². The van der Waals surface area contributed by atoms with E-state index < -0.39 is 0 Å². The van der Waals surface area contributed by atoms with Crippen LogP contribution in [0.1, 0.15) is 118 Å². The van der Waals surface area contributed by atoms with E-state index >= 15 is 0 Å². The molecule has 4 aromatic carbocycles. The van der Waals surface area contributed by atoms with Crippen LogP contribution in [0.3, 0.4) is 0 Å². The Hall–Kier alpha value is -6.05. The van der Waals surface area contributed by atoms with Crippen molar-refractivity contribution < 1.29 is 35.7 Å². The molecule has 0 N–H and O–H groups in total. The Morgan fingerprint density at radius 2 is 0.595 bits per heavy atom. The zero-order valence-corrected chi connectivity index (χ0v) is 46.4. The van der Waals surface area contributed by atoms with Crippen molar-refractivity contribution >= 4 is 44.1 Å². The number of aromatic nitrogens is 8. The van der Waals surface area contributed by atoms with Gasteiger partial charge in [-0.05, 0) is 82.4 Å². The molecule has 0 spiro atoms. The van der Waals surface area contributed by atoms with Crippen molar-refractivity contribution in [2.24, 2.45) is 47.3 Å². The average molecular weight is 1040 g/mol. The second-order valence-corrected chi connectivity index (χ2v) is 22.5. The molecule has 0 aliphatic carbocycles. The van der Waals surface area contributed by atoms with Gasteiger partial charge in [0.05, 0.1) is 34.4 Å². The first-order valence-electron chi connectivity index (χ1n) is 26.2. The van der Waals surface area contributed by atoms with Gasteiger partial charge in [0.2, 0.25) is 0 Å². The quantitative estimate of drug-likeness (QED) is 0.0909. The summed E-state index contributed by atoms with van der Waals surface area (Å²) in [5.74, 6) is 6.26. The van der Waals surface area contributed by atoms with E-state index in [4.69, 9.17) is 58.8 Å². The Morgan fingerprint density at radius 1 is 0.324 bits per heavy atom. The van der Waals surface area contributed by atoms with E-state index in [1.165, 1.54) is 0 Å². The molecular formula is C61H76CoN8O4. The summed E-state index contributed by atoms with van der Waals surface area (Å²) in [6, 6.07) is 24.0. The van der Waals surface area contributed by atoms with Crippen molar-refractivity contribution in [3.8, 4) is 68.5 Å². The van der Waals surface area contributed by atoms with Crippen LogP contribution in [0.15, 0.2) is 72.8 Å². The number of nitrogens with zero attached hydrogens (tertiary/aromatic N) is 8. The summed E-state index contributed by atoms with van der Waals surface area (Å²) in [7, 11) is 0. The van der Waals surface area contributed by atoms with Gasteiger partial charge in [-0.1, -0.05) is 167 Å². The fraction of sp³-hybridized carbons (Fsp3) is 0.475. The molecule has 0 saturated heterocycles. The number of benzene rings is 4. The Morgan fingerprint density at radius 3 is 0.905 bits per heavy atom. The molecule has 5 heterocycles. The van der Waals surface area contributed by atoms with Gasteiger partial charge < -0.3 is 48.9 Å². The molecule has 0 atom stereocenters. The standard InChI is InChI=1S/C60H72N8O4.CH4.Co/c1-29(2)49(30(3)4)69-41-25-17-21-37-45(41)57-63-53(37)61-54-39-23-19-27-43(71-51(33(9)10)34(11)12)47(39)59(65-54)68-60-48-40(24-20-28-44(48)72-52(35(13)14)36(15)16)56(66-60)62-55-38-22-18-26-42(46(38)58(64-55)67-57)70-50(31(5)6)32(7)8;;/h17-36,49-52H,1-16H3;1H4;/q-2;;+2. The third-order valence-corrected chi connectivity index (χ3v) is 14.0. The first-order chi connectivity index (χ1) is 34.3. The van der Waals surface area contributed by atoms with Gasteiger partial charge in [0.15, 0.2) is 0 Å². The molecule has 74 heavy (non-hydrogen) atoms. The summed E-state index contributed by atoms with van der Waals surface area (Å²) in [6.45, 7) is 35.0. The third-order valence-electron chi connectivity index (χ3n) is 14.0. The zero-order valence-electron chi connectivity index (χ0n) is 45.4. The Labute approximate surface area is 448 Å². The smallest absolute Gasteiger partial charge is 0.489 e. The van der Waals surface area contributed by atoms with Gasteiger partial charge in [0, 0.05) is 44.5 Å². The number of ether oxygens (including phenoxy) is 4. The van der Waals surface area contributed by atoms with E-state index in [0.29, 0.717) is 68.9 Å². The SMILES string of the molecule is C.CC(C)C(Oc1cccc2c1-c1nc-2nc2[n-]c(nc3nc(nc4[n-]c(n1)c1c(OC(C(C)C)C(C)C)cccc41)-c1cccc(OC(C(C)C)C(C)C)c1-3)c1c(OC(C(C)C)C(C)C)cccc21)C(C)C.[Co+2]. The molecular weight excluding hydrogens is 968 g/mol. The fourth-order valence-corrected chi connectivity index (χ4v) is 10.9. The number of rotatable bonds is 16. The predicted octanol–water partition coefficient (Wildman–Crippen LogP) is 15.0. The number of hydrogen-bond donors (Lipinski definition) is 0. The minimum atomic E-state index is -0.0828. The van der Waals surface area contributed by atoms with Crippen molar-refractivity contribution in [2.75, 3.05) is 0 Å². The number of hydrogen-bond acceptors (Lipinski definition) is 10. The third kappa shape index (κ3) is 10.6. The molecule has 2 aliphatic heterocycles. The van der Waals surface area contributed by atoms with Crippen molar-refractivity contribution in [1.29, 1.82) is 0 Å². The van der Waals surface area contributed by atoms with Crippen LogP contribution in [-0.4, -0.2) is 54.3 Å². The van der Waals surface area contributed by atoms with E-state index in [1.54, 1.807) is 0 Å². The maximum absolute atomic E-state index is 6.99. The normalized spacial score (nSPS) is 12.5. The summed E-state index contributed by atoms with van der Waals surface area (Å²) in [6.07, 6.45) is -0.331. The Kier molecular flexibility index (Phi) is 16.9. The molecule has 13 heteroatoms. The van der Waals surface area contributed by atoms with E-state index in [9.17, 15) is 0 Å². The summed E-state index contributed by atoms with van der Waals surface area (Å²) in [4.78, 5) is 42.7. The number of fused-ring (bicyclic) bond motifs is 20. The molecule has 0 amide bonds. The van der Waals surface area contributed by atoms with Crippen LogP contribution in [-0.2, 0) is 16.8 Å². The van der Waals surface area contributed by atoms with E-state index in [1.807, 2.05) is 72.8 Å². The van der Waals surface area contributed by atoms with Crippen LogP contribution < -0.4 is 28.9 Å². The summed E-state index contributed by atoms with van der Waals surface area (Å²) < 4.78 is 28.0. The molecule has 8 bridgehead atoms. The first-order valence-corrected chi connectivity index (χ1v) is 26.2. The molecule has 7 aromatic rings. The van der Waals surface area contributed by atoms with Gasteiger partial charge in [-0.15, -0.1) is 0 Å². The predicted molar refractivity (Wildman–Crippen MR) is 297 cm³/mol. The van der Waals surface area contributed by atoms with E-state index in [-0.39, 0.29) is 96.0 Å². The molecule has 0 fully saturated rings. The van der Waals surface area contributed by atoms with Crippen LogP contribution in [0, 0.1) is 47.3 Å². The van der Waals surface area contributed by atoms with E-state index in [0.717, 1.165) is 43.8 Å². The second-order valence-electron chi connectivity index (χ2n) is 22.5. The van der Waals surface area contributed by atoms with Crippen molar-refractivity contribution in [3.63, 3.8) is 0 Å². The van der Waals surface area contributed by atoms with Gasteiger partial charge in [-0.2, -0.15) is 0 Å². The Bertz CT molecular complexity index is 3050. The Balaban J connectivity index is 0.00000400. The van der Waals surface area contributed by atoms with Crippen LogP contribution in [0.25, 0.3) is 89.7 Å². The van der Waals surface area contributed by atoms with Crippen LogP contribution >= 0.6 is 0 Å². The maximum Gasteiger partial charge on any atom is 2.00 e. The molecule has 1 radical (unpaired) electrons. The molecule has 9 rings (SSSR count). The first kappa shape index (κ1) is 55.7. The van der Waals surface area contributed by atoms with Gasteiger partial charge >= 0.3 is 16.8 Å². The average Bonchev–Trinajstić information content (AvgIpc) is 4.06. The largest absolute Gasteiger partial charge is 2.00 e. The second kappa shape index (κ2) is 22.4. The molecule has 3 aromatic heterocycles. The van der Waals surface area contributed by atoms with E-state index in [2.05, 4.69) is 111 Å². The van der Waals surface area contributed by atoms with Crippen LogP contribution in [0.5, 0.6) is 23.0 Å². The molecule has 0 saturated carbocycles. The molecule has 0 unspecified atom stereocenters. The minimum absolute atomic E-state index is 0. The van der Waals surface area contributed by atoms with Gasteiger partial charge in [0.25, 0.3) is 0 Å². The summed E-state index contributed by atoms with van der Waals surface area (Å²) >= 11 is 0. The molecule has 2 aliphatic rings. The van der Waals surface area contributed by atoms with Gasteiger partial charge in [-0.3, -0.25) is 0 Å². The maximum atomic E-state index is 6.99. The van der Waals surface area contributed by atoms with Crippen LogP contribution in [0.4, 0.5) is 0 Å². The molecule has 393 valence electrons. The van der Waals surface area contributed by atoms with Crippen molar-refractivity contribution in [3.05, 3.63) is 72.8 Å². The minimum Gasteiger partial charge on any atom is -0.489 e. The van der Waals surface area contributed by atoms with Gasteiger partial charge in [-0.25, -0.2) is 9.97 Å². The van der Waals surface area contributed by atoms with Gasteiger partial charge in [0.1, 0.15) is 47.4 Å². The van der Waals surface area contributed by atoms with Crippen molar-refractivity contribution in [1.82, 2.24) is 39.9 Å². The fourth-order valence-electron chi connectivity index (χ4n) is 10.9. The summed E-state index contributed by atoms with van der Waals surface area (Å²) in [5, 5.41) is 2.98. The molecule has 12 nitrogen and oxygen atoms in total.